The zero-order valence-corrected chi connectivity index (χ0v) is 13.8. The summed E-state index contributed by atoms with van der Waals surface area (Å²) >= 11 is 0. The largest absolute Gasteiger partial charge is 0.497 e. The molecule has 0 saturated heterocycles. The molecule has 0 aliphatic carbocycles. The summed E-state index contributed by atoms with van der Waals surface area (Å²) in [5, 5.41) is 11.4. The van der Waals surface area contributed by atoms with Crippen molar-refractivity contribution in [3.63, 3.8) is 0 Å². The van der Waals surface area contributed by atoms with Crippen LogP contribution in [0.4, 0.5) is 0 Å². The Morgan fingerprint density at radius 2 is 1.82 bits per heavy atom. The molecule has 3 nitrogen and oxygen atoms in total. The molecule has 0 spiro atoms. The molecule has 1 N–H and O–H groups in total. The van der Waals surface area contributed by atoms with Gasteiger partial charge >= 0.3 is 0 Å². The van der Waals surface area contributed by atoms with Crippen molar-refractivity contribution in [3.05, 3.63) is 59.9 Å². The standard InChI is InChI=1S/C19H25NO2/c1-5-19(21,17-8-6-7-13-20-17)18(14(2)3)15-9-11-16(22-4)12-10-15/h6-14,18,21H,5H2,1-4H3/t18-,19-/m0/s1. The van der Waals surface area contributed by atoms with Crippen molar-refractivity contribution in [2.45, 2.75) is 38.7 Å². The van der Waals surface area contributed by atoms with Crippen LogP contribution < -0.4 is 4.74 Å². The van der Waals surface area contributed by atoms with Crippen molar-refractivity contribution in [3.8, 4) is 5.75 Å². The van der Waals surface area contributed by atoms with Crippen LogP contribution in [0.25, 0.3) is 0 Å². The molecular formula is C19H25NO2. The predicted molar refractivity (Wildman–Crippen MR) is 89.0 cm³/mol. The second-order valence-corrected chi connectivity index (χ2v) is 5.99. The maximum atomic E-state index is 11.4. The molecule has 3 heteroatoms. The van der Waals surface area contributed by atoms with Gasteiger partial charge < -0.3 is 9.84 Å². The summed E-state index contributed by atoms with van der Waals surface area (Å²) in [6.07, 6.45) is 2.35. The molecule has 2 rings (SSSR count). The number of aromatic nitrogens is 1. The van der Waals surface area contributed by atoms with Gasteiger partial charge in [0.25, 0.3) is 0 Å². The average molecular weight is 299 g/mol. The Hall–Kier alpha value is -1.87. The van der Waals surface area contributed by atoms with Crippen LogP contribution in [0.5, 0.6) is 5.75 Å². The third-order valence-electron chi connectivity index (χ3n) is 4.30. The van der Waals surface area contributed by atoms with E-state index in [1.807, 2.05) is 49.4 Å². The maximum absolute atomic E-state index is 11.4. The number of nitrogens with zero attached hydrogens (tertiary/aromatic N) is 1. The van der Waals surface area contributed by atoms with Gasteiger partial charge in [0.1, 0.15) is 11.4 Å². The Kier molecular flexibility index (Phi) is 5.19. The minimum atomic E-state index is -0.982. The average Bonchev–Trinajstić information content (AvgIpc) is 2.56. The number of pyridine rings is 1. The summed E-state index contributed by atoms with van der Waals surface area (Å²) in [4.78, 5) is 4.41. The Bertz CT molecular complexity index is 580. The lowest BCUT2D eigenvalue weighted by Crippen LogP contribution is -2.36. The van der Waals surface area contributed by atoms with E-state index in [9.17, 15) is 5.11 Å². The van der Waals surface area contributed by atoms with Crippen molar-refractivity contribution < 1.29 is 9.84 Å². The number of ether oxygens (including phenoxy) is 1. The van der Waals surface area contributed by atoms with Gasteiger partial charge in [-0.05, 0) is 42.2 Å². The van der Waals surface area contributed by atoms with Crippen LogP contribution in [0.1, 0.15) is 44.4 Å². The lowest BCUT2D eigenvalue weighted by molar-refractivity contribution is -0.0160. The zero-order chi connectivity index (χ0) is 16.2. The van der Waals surface area contributed by atoms with Crippen LogP contribution in [-0.2, 0) is 5.60 Å². The third-order valence-corrected chi connectivity index (χ3v) is 4.30. The molecule has 1 heterocycles. The van der Waals surface area contributed by atoms with Gasteiger partial charge in [0.15, 0.2) is 0 Å². The Balaban J connectivity index is 2.48. The van der Waals surface area contributed by atoms with Crippen LogP contribution in [-0.4, -0.2) is 17.2 Å². The van der Waals surface area contributed by atoms with Crippen LogP contribution in [0.3, 0.4) is 0 Å². The van der Waals surface area contributed by atoms with Crippen LogP contribution in [0, 0.1) is 5.92 Å². The molecule has 0 radical (unpaired) electrons. The molecular weight excluding hydrogens is 274 g/mol. The quantitative estimate of drug-likeness (QED) is 0.872. The number of aliphatic hydroxyl groups is 1. The highest BCUT2D eigenvalue weighted by atomic mass is 16.5. The first-order chi connectivity index (χ1) is 10.5. The minimum Gasteiger partial charge on any atom is -0.497 e. The zero-order valence-electron chi connectivity index (χ0n) is 13.8. The highest BCUT2D eigenvalue weighted by Crippen LogP contribution is 2.43. The molecule has 2 aromatic rings. The Labute approximate surface area is 133 Å². The summed E-state index contributed by atoms with van der Waals surface area (Å²) in [5.74, 6) is 1.07. The first-order valence-electron chi connectivity index (χ1n) is 7.80. The topological polar surface area (TPSA) is 42.4 Å². The SMILES string of the molecule is CC[C@](O)(c1ccccn1)[C@H](c1ccc(OC)cc1)C(C)C. The lowest BCUT2D eigenvalue weighted by atomic mass is 9.72. The fourth-order valence-electron chi connectivity index (χ4n) is 3.20. The van der Waals surface area contributed by atoms with E-state index in [4.69, 9.17) is 4.74 Å². The van der Waals surface area contributed by atoms with Crippen LogP contribution in [0.2, 0.25) is 0 Å². The molecule has 0 aliphatic rings. The molecule has 22 heavy (non-hydrogen) atoms. The van der Waals surface area contributed by atoms with Crippen molar-refractivity contribution in [1.82, 2.24) is 4.98 Å². The second kappa shape index (κ2) is 6.93. The highest BCUT2D eigenvalue weighted by Gasteiger charge is 2.40. The normalized spacial score (nSPS) is 15.4. The summed E-state index contributed by atoms with van der Waals surface area (Å²) in [5.41, 5.74) is 0.849. The van der Waals surface area contributed by atoms with Gasteiger partial charge in [0.2, 0.25) is 0 Å². The molecule has 1 aromatic heterocycles. The van der Waals surface area contributed by atoms with E-state index in [1.165, 1.54) is 0 Å². The number of methoxy groups -OCH3 is 1. The number of hydrogen-bond donors (Lipinski definition) is 1. The molecule has 0 bridgehead atoms. The number of rotatable bonds is 6. The van der Waals surface area contributed by atoms with Gasteiger partial charge in [-0.15, -0.1) is 0 Å². The first kappa shape index (κ1) is 16.5. The van der Waals surface area contributed by atoms with E-state index in [0.29, 0.717) is 6.42 Å². The molecule has 2 atom stereocenters. The van der Waals surface area contributed by atoms with E-state index in [2.05, 4.69) is 18.8 Å². The van der Waals surface area contributed by atoms with Gasteiger partial charge in [-0.2, -0.15) is 0 Å². The fourth-order valence-corrected chi connectivity index (χ4v) is 3.20. The number of benzene rings is 1. The van der Waals surface area contributed by atoms with E-state index in [-0.39, 0.29) is 11.8 Å². The van der Waals surface area contributed by atoms with Crippen molar-refractivity contribution in [2.24, 2.45) is 5.92 Å². The van der Waals surface area contributed by atoms with Gasteiger partial charge in [-0.25, -0.2) is 0 Å². The fraction of sp³-hybridized carbons (Fsp3) is 0.421. The molecule has 0 amide bonds. The molecule has 0 unspecified atom stereocenters. The Morgan fingerprint density at radius 3 is 2.27 bits per heavy atom. The molecule has 0 saturated carbocycles. The monoisotopic (exact) mass is 299 g/mol. The first-order valence-corrected chi connectivity index (χ1v) is 7.80. The van der Waals surface area contributed by atoms with Gasteiger partial charge in [-0.3, -0.25) is 4.98 Å². The van der Waals surface area contributed by atoms with Crippen LogP contribution in [0.15, 0.2) is 48.7 Å². The Morgan fingerprint density at radius 1 is 1.14 bits per heavy atom. The van der Waals surface area contributed by atoms with Crippen molar-refractivity contribution >= 4 is 0 Å². The highest BCUT2D eigenvalue weighted by molar-refractivity contribution is 5.33. The van der Waals surface area contributed by atoms with E-state index in [1.54, 1.807) is 13.3 Å². The summed E-state index contributed by atoms with van der Waals surface area (Å²) in [6.45, 7) is 6.28. The lowest BCUT2D eigenvalue weighted by Gasteiger charge is -2.38. The van der Waals surface area contributed by atoms with E-state index >= 15 is 0 Å². The summed E-state index contributed by atoms with van der Waals surface area (Å²) in [6, 6.07) is 13.7. The van der Waals surface area contributed by atoms with E-state index in [0.717, 1.165) is 17.0 Å². The predicted octanol–water partition coefficient (Wildman–Crippen LogP) is 4.13. The van der Waals surface area contributed by atoms with Gasteiger partial charge in [0, 0.05) is 12.1 Å². The molecule has 1 aromatic carbocycles. The minimum absolute atomic E-state index is 0.0293. The summed E-state index contributed by atoms with van der Waals surface area (Å²) < 4.78 is 5.23. The van der Waals surface area contributed by atoms with Gasteiger partial charge in [0.05, 0.1) is 12.8 Å². The summed E-state index contributed by atoms with van der Waals surface area (Å²) in [7, 11) is 1.66. The number of hydrogen-bond acceptors (Lipinski definition) is 3. The maximum Gasteiger partial charge on any atom is 0.118 e. The molecule has 0 aliphatic heterocycles. The molecule has 118 valence electrons. The molecule has 0 fully saturated rings. The smallest absolute Gasteiger partial charge is 0.118 e. The second-order valence-electron chi connectivity index (χ2n) is 5.99. The van der Waals surface area contributed by atoms with Gasteiger partial charge in [-0.1, -0.05) is 39.0 Å². The van der Waals surface area contributed by atoms with Crippen LogP contribution >= 0.6 is 0 Å². The van der Waals surface area contributed by atoms with E-state index < -0.39 is 5.60 Å². The van der Waals surface area contributed by atoms with Crippen molar-refractivity contribution in [1.29, 1.82) is 0 Å². The van der Waals surface area contributed by atoms with Crippen molar-refractivity contribution in [2.75, 3.05) is 7.11 Å². The third kappa shape index (κ3) is 3.14.